The SMILES string of the molecule is CC1=C(F)CC(C)CC1.CC1=CCC(C)CC1.CC1C=C(F)C(C)CC1.CC1C=CC(C)CC1.CC1CCC(C)C(F)(F)C1.CC1CCC(C)C(F)=C1F.CC1CCC(C)C(F)C1.CC1CCC(C)CC1.Cc1cc(F)c(C)c(F)c1.Cc1ccc(C)c(F)c1.Cc1ccc(C)cc1. The average Bonchev–Trinajstić information content (AvgIpc) is 0.859. The van der Waals surface area contributed by atoms with E-state index in [0.717, 1.165) is 92.1 Å². The summed E-state index contributed by atoms with van der Waals surface area (Å²) in [6.45, 7) is 43.9. The van der Waals surface area contributed by atoms with E-state index in [2.05, 4.69) is 119 Å². The van der Waals surface area contributed by atoms with Gasteiger partial charge in [-0.15, -0.1) is 0 Å². The highest BCUT2D eigenvalue weighted by molar-refractivity contribution is 5.24. The van der Waals surface area contributed by atoms with Crippen LogP contribution in [0.3, 0.4) is 0 Å². The van der Waals surface area contributed by atoms with Crippen molar-refractivity contribution in [1.82, 2.24) is 0 Å². The molecule has 3 aromatic carbocycles. The molecule has 3 saturated carbocycles. The summed E-state index contributed by atoms with van der Waals surface area (Å²) in [5, 5.41) is 0. The molecule has 8 aliphatic rings. The highest BCUT2D eigenvalue weighted by Gasteiger charge is 2.41. The van der Waals surface area contributed by atoms with Gasteiger partial charge < -0.3 is 0 Å². The maximum atomic E-state index is 12.8. The molecule has 0 N–H and O–H groups in total. The Morgan fingerprint density at radius 3 is 1.20 bits per heavy atom. The van der Waals surface area contributed by atoms with Crippen LogP contribution in [-0.4, -0.2) is 12.1 Å². The van der Waals surface area contributed by atoms with Gasteiger partial charge >= 0.3 is 0 Å². The third-order valence-electron chi connectivity index (χ3n) is 20.9. The predicted octanol–water partition coefficient (Wildman–Crippen LogP) is 30.5. The van der Waals surface area contributed by atoms with E-state index in [0.29, 0.717) is 47.6 Å². The third kappa shape index (κ3) is 40.3. The van der Waals surface area contributed by atoms with Gasteiger partial charge in [-0.3, -0.25) is 0 Å². The second kappa shape index (κ2) is 48.5. The molecule has 8 aliphatic carbocycles. The summed E-state index contributed by atoms with van der Waals surface area (Å²) in [6, 6.07) is 16.3. The van der Waals surface area contributed by atoms with Crippen LogP contribution in [0.1, 0.15) is 285 Å². The monoisotopic (exact) mass is 1390 g/mol. The summed E-state index contributed by atoms with van der Waals surface area (Å²) >= 11 is 0. The van der Waals surface area contributed by atoms with Crippen LogP contribution in [0.4, 0.5) is 43.9 Å². The largest absolute Gasteiger partial charge is 0.250 e. The van der Waals surface area contributed by atoms with Crippen LogP contribution < -0.4 is 0 Å². The molecule has 13 unspecified atom stereocenters. The van der Waals surface area contributed by atoms with Gasteiger partial charge in [0, 0.05) is 42.1 Å². The molecule has 0 spiro atoms. The summed E-state index contributed by atoms with van der Waals surface area (Å²) in [5.74, 6) is 1.94. The van der Waals surface area contributed by atoms with Crippen molar-refractivity contribution in [2.45, 2.75) is 306 Å². The zero-order chi connectivity index (χ0) is 74.6. The molecule has 13 atom stereocenters. The lowest BCUT2D eigenvalue weighted by molar-refractivity contribution is -0.0927. The maximum Gasteiger partial charge on any atom is 0.250 e. The molecule has 0 heterocycles. The standard InChI is InChI=1S/C8H8F2.C8H14F2.C8H12F2.C8H15F.2C8H13F.C8H9F.C8H16.2C8H14.C8H10/c1-5-3-7(9)6(2)8(10)4-5;1-6-3-4-7(2)8(9,10)5-6;1-5-3-4-6(2)8(10)7(5)9;4*1-6-3-4-7(2)8(9)5-6;4*1-7-3-5-8(2)6-4-7/h3-4H,1-2H3;6-7H,3-5H2,1-2H3;5-6H,3-4H2,1-2H3;6-8H,3-5H2,1-2H3;6H,3-5H2,1-2H3;5-7H,3-4H2,1-2H3;3-5H,1-2H3;7-8H,3-6H2,1-2H3;3,8H,4-6H2,1-2H3;3,5,7-8H,4,6H2,1-2H3;3-6H,1-2H3. The minimum absolute atomic E-state index is 0.0885. The van der Waals surface area contributed by atoms with Crippen molar-refractivity contribution in [1.29, 1.82) is 0 Å². The maximum absolute atomic E-state index is 12.8. The summed E-state index contributed by atoms with van der Waals surface area (Å²) in [4.78, 5) is 0. The summed E-state index contributed by atoms with van der Waals surface area (Å²) < 4.78 is 127. The summed E-state index contributed by atoms with van der Waals surface area (Å²) in [6.07, 6.45) is 32.3. The quantitative estimate of drug-likeness (QED) is 0.155. The molecule has 0 nitrogen and oxygen atoms in total. The van der Waals surface area contributed by atoms with Gasteiger partial charge in [-0.25, -0.2) is 43.9 Å². The lowest BCUT2D eigenvalue weighted by atomic mass is 9.81. The van der Waals surface area contributed by atoms with E-state index in [9.17, 15) is 43.9 Å². The second-order valence-electron chi connectivity index (χ2n) is 32.0. The fourth-order valence-electron chi connectivity index (χ4n) is 12.3. The fraction of sp³-hybridized carbons (Fsp3) is 0.682. The van der Waals surface area contributed by atoms with Gasteiger partial charge in [0.05, 0.1) is 11.7 Å². The molecular formula is C88H138F10. The molecule has 560 valence electrons. The zero-order valence-electron chi connectivity index (χ0n) is 65.5. The number of aryl methyl sites for hydroxylation is 5. The van der Waals surface area contributed by atoms with Crippen molar-refractivity contribution in [2.24, 2.45) is 82.9 Å². The van der Waals surface area contributed by atoms with Gasteiger partial charge in [0.25, 0.3) is 5.92 Å². The molecule has 11 rings (SSSR count). The summed E-state index contributed by atoms with van der Waals surface area (Å²) in [7, 11) is 0. The molecule has 0 radical (unpaired) electrons. The molecule has 0 aliphatic heterocycles. The van der Waals surface area contributed by atoms with Crippen molar-refractivity contribution in [3.63, 3.8) is 0 Å². The zero-order valence-corrected chi connectivity index (χ0v) is 65.5. The van der Waals surface area contributed by atoms with E-state index in [1.54, 1.807) is 52.3 Å². The predicted molar refractivity (Wildman–Crippen MR) is 402 cm³/mol. The smallest absolute Gasteiger partial charge is 0.247 e. The number of halogens is 10. The number of alkyl halides is 3. The number of hydrogen-bond acceptors (Lipinski definition) is 0. The van der Waals surface area contributed by atoms with Gasteiger partial charge in [-0.2, -0.15) is 0 Å². The Kier molecular flexibility index (Phi) is 45.4. The Morgan fingerprint density at radius 2 is 0.837 bits per heavy atom. The normalized spacial score (nSPS) is 29.1. The Labute approximate surface area is 593 Å². The summed E-state index contributed by atoms with van der Waals surface area (Å²) in [5.41, 5.74) is 7.59. The molecule has 0 aromatic heterocycles. The minimum atomic E-state index is -2.39. The fourth-order valence-corrected chi connectivity index (χ4v) is 12.3. The van der Waals surface area contributed by atoms with Crippen molar-refractivity contribution in [2.75, 3.05) is 0 Å². The number of hydrogen-bond donors (Lipinski definition) is 0. The molecule has 3 aromatic rings. The van der Waals surface area contributed by atoms with Crippen LogP contribution in [0.15, 0.2) is 113 Å². The van der Waals surface area contributed by atoms with E-state index in [1.807, 2.05) is 40.7 Å². The number of allylic oxidation sites excluding steroid dienone is 10. The van der Waals surface area contributed by atoms with E-state index >= 15 is 0 Å². The van der Waals surface area contributed by atoms with Gasteiger partial charge in [0.1, 0.15) is 35.3 Å². The Balaban J connectivity index is 0.000000539. The second-order valence-corrected chi connectivity index (χ2v) is 32.0. The Morgan fingerprint density at radius 1 is 0.398 bits per heavy atom. The first-order valence-corrected chi connectivity index (χ1v) is 38.0. The van der Waals surface area contributed by atoms with Crippen molar-refractivity contribution < 1.29 is 43.9 Å². The van der Waals surface area contributed by atoms with Gasteiger partial charge in [-0.1, -0.05) is 207 Å². The van der Waals surface area contributed by atoms with Gasteiger partial charge in [0.15, 0.2) is 0 Å². The molecule has 0 bridgehead atoms. The van der Waals surface area contributed by atoms with Gasteiger partial charge in [0.2, 0.25) is 0 Å². The van der Waals surface area contributed by atoms with Crippen LogP contribution in [0.5, 0.6) is 0 Å². The Hall–Kier alpha value is -4.34. The van der Waals surface area contributed by atoms with Crippen molar-refractivity contribution in [3.8, 4) is 0 Å². The van der Waals surface area contributed by atoms with Crippen molar-refractivity contribution in [3.05, 3.63) is 164 Å². The van der Waals surface area contributed by atoms with E-state index in [-0.39, 0.29) is 53.1 Å². The van der Waals surface area contributed by atoms with Gasteiger partial charge in [-0.05, 0) is 251 Å². The molecule has 3 fully saturated rings. The highest BCUT2D eigenvalue weighted by atomic mass is 19.3. The Bertz CT molecular complexity index is 2730. The molecule has 0 amide bonds. The molecule has 0 saturated heterocycles. The highest BCUT2D eigenvalue weighted by Crippen LogP contribution is 2.41. The first-order valence-electron chi connectivity index (χ1n) is 38.0. The lowest BCUT2D eigenvalue weighted by Crippen LogP contribution is -2.32. The van der Waals surface area contributed by atoms with E-state index in [1.165, 1.54) is 107 Å². The minimum Gasteiger partial charge on any atom is -0.247 e. The van der Waals surface area contributed by atoms with Crippen LogP contribution in [-0.2, 0) is 0 Å². The third-order valence-corrected chi connectivity index (χ3v) is 20.9. The van der Waals surface area contributed by atoms with Crippen molar-refractivity contribution >= 4 is 0 Å². The molecular weight excluding hydrogens is 1250 g/mol. The van der Waals surface area contributed by atoms with E-state index in [4.69, 9.17) is 0 Å². The van der Waals surface area contributed by atoms with Crippen LogP contribution >= 0.6 is 0 Å². The molecule has 98 heavy (non-hydrogen) atoms. The average molecular weight is 1390 g/mol. The first kappa shape index (κ1) is 91.7. The van der Waals surface area contributed by atoms with Crippen LogP contribution in [0.2, 0.25) is 0 Å². The molecule has 10 heteroatoms. The topological polar surface area (TPSA) is 0 Å². The first-order chi connectivity index (χ1) is 45.7. The van der Waals surface area contributed by atoms with Crippen LogP contribution in [0, 0.1) is 142 Å². The number of benzene rings is 3. The van der Waals surface area contributed by atoms with Crippen LogP contribution in [0.25, 0.3) is 0 Å². The van der Waals surface area contributed by atoms with E-state index < -0.39 is 41.3 Å². The number of rotatable bonds is 0. The lowest BCUT2D eigenvalue weighted by Gasteiger charge is -2.32.